The van der Waals surface area contributed by atoms with Crippen LogP contribution >= 0.6 is 0 Å². The fraction of sp³-hybridized carbons (Fsp3) is 0.562. The number of carboxylic acid groups (broad SMARTS) is 1. The SMILES string of the molecule is CC(C(=O)O)c1ccc(CN2CCN(CCO)CC2)cc1. The van der Waals surface area contributed by atoms with Gasteiger partial charge in [0.1, 0.15) is 0 Å². The lowest BCUT2D eigenvalue weighted by Gasteiger charge is -2.34. The summed E-state index contributed by atoms with van der Waals surface area (Å²) in [5.74, 6) is -1.25. The van der Waals surface area contributed by atoms with Crippen LogP contribution in [0, 0.1) is 0 Å². The van der Waals surface area contributed by atoms with Crippen LogP contribution in [0.2, 0.25) is 0 Å². The van der Waals surface area contributed by atoms with Gasteiger partial charge in [0.25, 0.3) is 0 Å². The van der Waals surface area contributed by atoms with Crippen molar-refractivity contribution >= 4 is 5.97 Å². The predicted molar refractivity (Wildman–Crippen MR) is 81.3 cm³/mol. The topological polar surface area (TPSA) is 64.0 Å². The highest BCUT2D eigenvalue weighted by Gasteiger charge is 2.17. The molecular weight excluding hydrogens is 268 g/mol. The molecule has 0 radical (unpaired) electrons. The van der Waals surface area contributed by atoms with E-state index in [1.165, 1.54) is 5.56 Å². The van der Waals surface area contributed by atoms with Gasteiger partial charge in [0.2, 0.25) is 0 Å². The lowest BCUT2D eigenvalue weighted by Crippen LogP contribution is -2.46. The summed E-state index contributed by atoms with van der Waals surface area (Å²) >= 11 is 0. The number of hydrogen-bond donors (Lipinski definition) is 2. The number of nitrogens with zero attached hydrogens (tertiary/aromatic N) is 2. The molecule has 2 rings (SSSR count). The Kier molecular flexibility index (Phi) is 5.73. The smallest absolute Gasteiger partial charge is 0.310 e. The summed E-state index contributed by atoms with van der Waals surface area (Å²) in [6.45, 7) is 7.59. The third-order valence-electron chi connectivity index (χ3n) is 4.14. The van der Waals surface area contributed by atoms with Crippen molar-refractivity contribution in [3.05, 3.63) is 35.4 Å². The summed E-state index contributed by atoms with van der Waals surface area (Å²) in [7, 11) is 0. The summed E-state index contributed by atoms with van der Waals surface area (Å²) in [4.78, 5) is 15.6. The highest BCUT2D eigenvalue weighted by Crippen LogP contribution is 2.17. The first-order chi connectivity index (χ1) is 10.1. The minimum absolute atomic E-state index is 0.225. The molecule has 1 aliphatic heterocycles. The Balaban J connectivity index is 1.85. The van der Waals surface area contributed by atoms with Crippen molar-refractivity contribution in [1.29, 1.82) is 0 Å². The zero-order valence-electron chi connectivity index (χ0n) is 12.5. The van der Waals surface area contributed by atoms with Crippen LogP contribution in [0.3, 0.4) is 0 Å². The van der Waals surface area contributed by atoms with Gasteiger partial charge in [0.05, 0.1) is 12.5 Å². The van der Waals surface area contributed by atoms with Crippen molar-refractivity contribution < 1.29 is 15.0 Å². The molecule has 0 aliphatic carbocycles. The van der Waals surface area contributed by atoms with Gasteiger partial charge in [-0.2, -0.15) is 0 Å². The normalized spacial score (nSPS) is 18.6. The van der Waals surface area contributed by atoms with Crippen LogP contribution in [-0.4, -0.2) is 65.3 Å². The number of carboxylic acids is 1. The maximum atomic E-state index is 11.0. The molecule has 0 spiro atoms. The molecule has 0 bridgehead atoms. The number of benzene rings is 1. The first kappa shape index (κ1) is 15.9. The fourth-order valence-corrected chi connectivity index (χ4v) is 2.62. The van der Waals surface area contributed by atoms with Crippen LogP contribution in [-0.2, 0) is 11.3 Å². The van der Waals surface area contributed by atoms with Crippen LogP contribution in [0.25, 0.3) is 0 Å². The number of aliphatic carboxylic acids is 1. The van der Waals surface area contributed by atoms with E-state index in [1.54, 1.807) is 6.92 Å². The molecule has 1 saturated heterocycles. The molecular formula is C16H24N2O3. The Morgan fingerprint density at radius 1 is 1.14 bits per heavy atom. The minimum atomic E-state index is -0.789. The van der Waals surface area contributed by atoms with E-state index in [0.717, 1.165) is 44.8 Å². The lowest BCUT2D eigenvalue weighted by molar-refractivity contribution is -0.138. The number of aliphatic hydroxyl groups excluding tert-OH is 1. The van der Waals surface area contributed by atoms with E-state index in [2.05, 4.69) is 9.80 Å². The zero-order valence-corrected chi connectivity index (χ0v) is 12.5. The van der Waals surface area contributed by atoms with Crippen LogP contribution in [0.15, 0.2) is 24.3 Å². The second-order valence-electron chi connectivity index (χ2n) is 5.64. The van der Waals surface area contributed by atoms with Crippen LogP contribution in [0.1, 0.15) is 24.0 Å². The van der Waals surface area contributed by atoms with E-state index in [1.807, 2.05) is 24.3 Å². The summed E-state index contributed by atoms with van der Waals surface area (Å²) in [5, 5.41) is 17.9. The predicted octanol–water partition coefficient (Wildman–Crippen LogP) is 0.985. The van der Waals surface area contributed by atoms with Gasteiger partial charge < -0.3 is 10.2 Å². The molecule has 0 amide bonds. The molecule has 5 heteroatoms. The van der Waals surface area contributed by atoms with Gasteiger partial charge in [-0.1, -0.05) is 24.3 Å². The molecule has 1 aromatic carbocycles. The highest BCUT2D eigenvalue weighted by molar-refractivity contribution is 5.75. The second-order valence-corrected chi connectivity index (χ2v) is 5.64. The average Bonchev–Trinajstić information content (AvgIpc) is 2.49. The van der Waals surface area contributed by atoms with Gasteiger partial charge in [-0.15, -0.1) is 0 Å². The number of β-amino-alcohol motifs (C(OH)–C–C–N with tert-alkyl or cyclic N) is 1. The van der Waals surface area contributed by atoms with E-state index in [4.69, 9.17) is 10.2 Å². The van der Waals surface area contributed by atoms with Crippen molar-refractivity contribution in [3.8, 4) is 0 Å². The van der Waals surface area contributed by atoms with Crippen molar-refractivity contribution in [2.24, 2.45) is 0 Å². The zero-order chi connectivity index (χ0) is 15.2. The number of aliphatic hydroxyl groups is 1. The maximum Gasteiger partial charge on any atom is 0.310 e. The number of hydrogen-bond acceptors (Lipinski definition) is 4. The molecule has 116 valence electrons. The minimum Gasteiger partial charge on any atom is -0.481 e. The van der Waals surface area contributed by atoms with Gasteiger partial charge in [0, 0.05) is 39.3 Å². The first-order valence-electron chi connectivity index (χ1n) is 7.47. The van der Waals surface area contributed by atoms with Crippen molar-refractivity contribution in [3.63, 3.8) is 0 Å². The van der Waals surface area contributed by atoms with E-state index in [9.17, 15) is 4.79 Å². The van der Waals surface area contributed by atoms with E-state index in [0.29, 0.717) is 0 Å². The molecule has 1 fully saturated rings. The molecule has 21 heavy (non-hydrogen) atoms. The Hall–Kier alpha value is -1.43. The summed E-state index contributed by atoms with van der Waals surface area (Å²) in [6, 6.07) is 7.87. The van der Waals surface area contributed by atoms with Crippen molar-refractivity contribution in [2.75, 3.05) is 39.3 Å². The van der Waals surface area contributed by atoms with Gasteiger partial charge in [-0.05, 0) is 18.1 Å². The van der Waals surface area contributed by atoms with E-state index in [-0.39, 0.29) is 6.61 Å². The second kappa shape index (κ2) is 7.54. The number of piperazine rings is 1. The molecule has 0 saturated carbocycles. The number of rotatable bonds is 6. The lowest BCUT2D eigenvalue weighted by atomic mass is 10.00. The van der Waals surface area contributed by atoms with Gasteiger partial charge in [0.15, 0.2) is 0 Å². The maximum absolute atomic E-state index is 11.0. The van der Waals surface area contributed by atoms with E-state index < -0.39 is 11.9 Å². The van der Waals surface area contributed by atoms with Crippen LogP contribution in [0.5, 0.6) is 0 Å². The molecule has 1 atom stereocenters. The summed E-state index contributed by atoms with van der Waals surface area (Å²) < 4.78 is 0. The molecule has 1 aromatic rings. The molecule has 1 aliphatic rings. The van der Waals surface area contributed by atoms with Crippen molar-refractivity contribution in [1.82, 2.24) is 9.80 Å². The monoisotopic (exact) mass is 292 g/mol. The molecule has 2 N–H and O–H groups in total. The van der Waals surface area contributed by atoms with E-state index >= 15 is 0 Å². The average molecular weight is 292 g/mol. The van der Waals surface area contributed by atoms with Crippen LogP contribution < -0.4 is 0 Å². The largest absolute Gasteiger partial charge is 0.481 e. The third kappa shape index (κ3) is 4.52. The van der Waals surface area contributed by atoms with Crippen LogP contribution in [0.4, 0.5) is 0 Å². The third-order valence-corrected chi connectivity index (χ3v) is 4.14. The standard InChI is InChI=1S/C16H24N2O3/c1-13(16(20)21)15-4-2-14(3-5-15)12-18-8-6-17(7-9-18)10-11-19/h2-5,13,19H,6-12H2,1H3,(H,20,21). The molecule has 1 heterocycles. The Morgan fingerprint density at radius 2 is 1.71 bits per heavy atom. The Labute approximate surface area is 125 Å². The fourth-order valence-electron chi connectivity index (χ4n) is 2.62. The highest BCUT2D eigenvalue weighted by atomic mass is 16.4. The Bertz CT molecular complexity index is 453. The molecule has 5 nitrogen and oxygen atoms in total. The summed E-state index contributed by atoms with van der Waals surface area (Å²) in [6.07, 6.45) is 0. The van der Waals surface area contributed by atoms with Gasteiger partial charge >= 0.3 is 5.97 Å². The van der Waals surface area contributed by atoms with Gasteiger partial charge in [-0.25, -0.2) is 0 Å². The quantitative estimate of drug-likeness (QED) is 0.818. The van der Waals surface area contributed by atoms with Gasteiger partial charge in [-0.3, -0.25) is 14.6 Å². The summed E-state index contributed by atoms with van der Waals surface area (Å²) in [5.41, 5.74) is 2.06. The molecule has 1 unspecified atom stereocenters. The number of carbonyl (C=O) groups is 1. The first-order valence-corrected chi connectivity index (χ1v) is 7.47. The molecule has 0 aromatic heterocycles. The van der Waals surface area contributed by atoms with Crippen molar-refractivity contribution in [2.45, 2.75) is 19.4 Å². The Morgan fingerprint density at radius 3 is 2.24 bits per heavy atom.